The van der Waals surface area contributed by atoms with Crippen molar-refractivity contribution in [1.82, 2.24) is 0 Å². The van der Waals surface area contributed by atoms with E-state index in [4.69, 9.17) is 23.7 Å². The number of carbonyl (C=O) groups excluding carboxylic acids is 2. The summed E-state index contributed by atoms with van der Waals surface area (Å²) in [5.74, 6) is -5.26. The highest BCUT2D eigenvalue weighted by Gasteiger charge is 2.51. The van der Waals surface area contributed by atoms with E-state index in [2.05, 4.69) is 0 Å². The average molecular weight is 693 g/mol. The number of rotatable bonds is 6. The van der Waals surface area contributed by atoms with Gasteiger partial charge < -0.3 is 59.4 Å². The Morgan fingerprint density at radius 1 is 0.833 bits per heavy atom. The predicted molar refractivity (Wildman–Crippen MR) is 170 cm³/mol. The molecule has 0 aliphatic carbocycles. The van der Waals surface area contributed by atoms with Gasteiger partial charge in [-0.1, -0.05) is 34.6 Å². The maximum atomic E-state index is 13.9. The van der Waals surface area contributed by atoms with Gasteiger partial charge in [0.1, 0.15) is 24.1 Å². The zero-order chi connectivity index (χ0) is 36.5. The second-order valence-electron chi connectivity index (χ2n) is 15.1. The molecule has 14 nitrogen and oxygen atoms in total. The van der Waals surface area contributed by atoms with E-state index < -0.39 is 121 Å². The van der Waals surface area contributed by atoms with Crippen LogP contribution < -0.4 is 0 Å². The molecule has 280 valence electrons. The molecule has 0 aromatic heterocycles. The largest absolute Gasteiger partial charge is 0.462 e. The van der Waals surface area contributed by atoms with Crippen LogP contribution in [0.2, 0.25) is 0 Å². The van der Waals surface area contributed by atoms with Crippen LogP contribution in [0.5, 0.6) is 0 Å². The Labute approximate surface area is 283 Å². The molecule has 0 saturated carbocycles. The van der Waals surface area contributed by atoms with Crippen LogP contribution in [0.1, 0.15) is 88.0 Å². The summed E-state index contributed by atoms with van der Waals surface area (Å²) in [6.07, 6.45) is -12.9. The van der Waals surface area contributed by atoms with E-state index in [-0.39, 0.29) is 25.0 Å². The summed E-state index contributed by atoms with van der Waals surface area (Å²) in [5.41, 5.74) is -3.46. The summed E-state index contributed by atoms with van der Waals surface area (Å²) in [4.78, 5) is 27.5. The van der Waals surface area contributed by atoms with Crippen LogP contribution in [-0.4, -0.2) is 133 Å². The summed E-state index contributed by atoms with van der Waals surface area (Å²) in [6.45, 7) is 13.9. The van der Waals surface area contributed by atoms with Crippen molar-refractivity contribution in [2.24, 2.45) is 29.6 Å². The molecule has 0 bridgehead atoms. The van der Waals surface area contributed by atoms with Crippen molar-refractivity contribution in [2.45, 2.75) is 167 Å². The van der Waals surface area contributed by atoms with Gasteiger partial charge in [-0.25, -0.2) is 0 Å². The summed E-state index contributed by atoms with van der Waals surface area (Å²) in [6, 6.07) is 0. The molecule has 0 amide bonds. The van der Waals surface area contributed by atoms with Gasteiger partial charge in [0.05, 0.1) is 60.4 Å². The maximum Gasteiger partial charge on any atom is 0.311 e. The SMILES string of the molecule is CC[C@H]1OC(=O)[C@H](C)[C@@H](O[C@H]2CC(C)(O)[C@@H](O)C(C)O2)[C@H](C)[C@@H](O[C@@H]2OC(CO)CC(O)C2O)[C@](C)(O)C[C@@H](C)C(=O)[C@H](C)[C@@H](O)[C@H]1C. The normalized spacial score (nSPS) is 50.4. The summed E-state index contributed by atoms with van der Waals surface area (Å²) in [5, 5.41) is 76.0. The van der Waals surface area contributed by atoms with E-state index in [1.165, 1.54) is 13.8 Å². The fraction of sp³-hybridized carbons (Fsp3) is 0.941. The van der Waals surface area contributed by atoms with E-state index in [0.29, 0.717) is 6.42 Å². The second-order valence-corrected chi connectivity index (χ2v) is 15.1. The van der Waals surface area contributed by atoms with Gasteiger partial charge in [0.2, 0.25) is 0 Å². The van der Waals surface area contributed by atoms with Crippen LogP contribution in [0.4, 0.5) is 0 Å². The van der Waals surface area contributed by atoms with Crippen LogP contribution in [0.25, 0.3) is 0 Å². The number of hydrogen-bond acceptors (Lipinski definition) is 14. The van der Waals surface area contributed by atoms with Crippen LogP contribution in [0.3, 0.4) is 0 Å². The van der Waals surface area contributed by atoms with Gasteiger partial charge in [-0.05, 0) is 40.5 Å². The smallest absolute Gasteiger partial charge is 0.311 e. The van der Waals surface area contributed by atoms with Crippen molar-refractivity contribution in [1.29, 1.82) is 0 Å². The van der Waals surface area contributed by atoms with Crippen LogP contribution in [0.15, 0.2) is 0 Å². The molecule has 18 atom stereocenters. The quantitative estimate of drug-likeness (QED) is 0.188. The number of aliphatic hydroxyl groups is 7. The Bertz CT molecular complexity index is 1070. The van der Waals surface area contributed by atoms with E-state index in [1.54, 1.807) is 48.5 Å². The summed E-state index contributed by atoms with van der Waals surface area (Å²) in [7, 11) is 0. The van der Waals surface area contributed by atoms with Gasteiger partial charge in [0.25, 0.3) is 0 Å². The number of cyclic esters (lactones) is 1. The Morgan fingerprint density at radius 2 is 1.46 bits per heavy atom. The Hall–Kier alpha value is -1.30. The van der Waals surface area contributed by atoms with Gasteiger partial charge in [-0.2, -0.15) is 0 Å². The third-order valence-corrected chi connectivity index (χ3v) is 10.8. The first-order valence-electron chi connectivity index (χ1n) is 17.3. The Balaban J connectivity index is 2.13. The molecule has 7 N–H and O–H groups in total. The number of Topliss-reactive ketones (excluding diaryl/α,β-unsaturated/α-hetero) is 1. The molecule has 3 saturated heterocycles. The molecule has 3 aliphatic rings. The van der Waals surface area contributed by atoms with Crippen molar-refractivity contribution < 1.29 is 69.0 Å². The Morgan fingerprint density at radius 3 is 2.02 bits per heavy atom. The van der Waals surface area contributed by atoms with Crippen molar-refractivity contribution >= 4 is 11.8 Å². The molecule has 3 rings (SSSR count). The number of carbonyl (C=O) groups is 2. The van der Waals surface area contributed by atoms with Gasteiger partial charge in [-0.3, -0.25) is 9.59 Å². The van der Waals surface area contributed by atoms with Crippen LogP contribution >= 0.6 is 0 Å². The fourth-order valence-corrected chi connectivity index (χ4v) is 7.66. The first kappa shape index (κ1) is 41.1. The molecule has 3 aliphatic heterocycles. The minimum atomic E-state index is -1.87. The highest BCUT2D eigenvalue weighted by molar-refractivity contribution is 5.83. The molecule has 14 heteroatoms. The van der Waals surface area contributed by atoms with Crippen molar-refractivity contribution in [2.75, 3.05) is 6.61 Å². The lowest BCUT2D eigenvalue weighted by atomic mass is 9.74. The summed E-state index contributed by atoms with van der Waals surface area (Å²) >= 11 is 0. The van der Waals surface area contributed by atoms with Gasteiger partial charge in [-0.15, -0.1) is 0 Å². The topological polar surface area (TPSA) is 222 Å². The number of ether oxygens (including phenoxy) is 5. The van der Waals surface area contributed by atoms with Crippen molar-refractivity contribution in [3.63, 3.8) is 0 Å². The van der Waals surface area contributed by atoms with E-state index in [0.717, 1.165) is 0 Å². The minimum absolute atomic E-state index is 0.0610. The van der Waals surface area contributed by atoms with Crippen molar-refractivity contribution in [3.05, 3.63) is 0 Å². The minimum Gasteiger partial charge on any atom is -0.462 e. The third-order valence-electron chi connectivity index (χ3n) is 10.8. The van der Waals surface area contributed by atoms with E-state index in [9.17, 15) is 45.3 Å². The molecule has 0 aromatic rings. The maximum absolute atomic E-state index is 13.9. The summed E-state index contributed by atoms with van der Waals surface area (Å²) < 4.78 is 30.3. The van der Waals surface area contributed by atoms with Gasteiger partial charge in [0.15, 0.2) is 12.6 Å². The van der Waals surface area contributed by atoms with E-state index in [1.807, 2.05) is 0 Å². The first-order chi connectivity index (χ1) is 22.2. The highest BCUT2D eigenvalue weighted by atomic mass is 16.7. The number of aliphatic hydroxyl groups excluding tert-OH is 5. The van der Waals surface area contributed by atoms with E-state index >= 15 is 0 Å². The lowest BCUT2D eigenvalue weighted by Gasteiger charge is -2.47. The molecule has 48 heavy (non-hydrogen) atoms. The molecular weight excluding hydrogens is 632 g/mol. The zero-order valence-electron chi connectivity index (χ0n) is 29.8. The van der Waals surface area contributed by atoms with Crippen LogP contribution in [0, 0.1) is 29.6 Å². The zero-order valence-corrected chi connectivity index (χ0v) is 29.8. The predicted octanol–water partition coefficient (Wildman–Crippen LogP) is 0.420. The van der Waals surface area contributed by atoms with Crippen molar-refractivity contribution in [3.8, 4) is 0 Å². The lowest BCUT2D eigenvalue weighted by Crippen LogP contribution is -2.59. The monoisotopic (exact) mass is 692 g/mol. The molecule has 3 heterocycles. The molecule has 3 fully saturated rings. The number of hydrogen-bond donors (Lipinski definition) is 7. The van der Waals surface area contributed by atoms with Gasteiger partial charge >= 0.3 is 5.97 Å². The van der Waals surface area contributed by atoms with Gasteiger partial charge in [0, 0.05) is 36.5 Å². The van der Waals surface area contributed by atoms with Crippen LogP contribution in [-0.2, 0) is 33.3 Å². The standard InChI is InChI=1S/C34H60O14/c1-10-23-16(3)26(38)17(4)25(37)15(2)12-34(9,43)30(48-32-27(39)22(36)11-21(14-35)45-32)18(5)28(19(6)31(41)46-23)47-24-13-33(8,42)29(40)20(7)44-24/h15-24,26-30,32,35-36,38-40,42-43H,10-14H2,1-9H3/t15-,16+,17+,18+,19-,20?,21?,22?,23-,24+,26+,27?,28+,29+,30-,32+,33?,34-/m1/s1. The highest BCUT2D eigenvalue weighted by Crippen LogP contribution is 2.39. The lowest BCUT2D eigenvalue weighted by molar-refractivity contribution is -0.322. The Kier molecular flexibility index (Phi) is 14.0. The molecule has 0 radical (unpaired) electrons. The number of esters is 1. The fourth-order valence-electron chi connectivity index (χ4n) is 7.66. The third kappa shape index (κ3) is 9.13. The molecular formula is C34H60O14. The molecule has 5 unspecified atom stereocenters. The molecule has 0 spiro atoms. The average Bonchev–Trinajstić information content (AvgIpc) is 3.02. The first-order valence-corrected chi connectivity index (χ1v) is 17.3. The molecule has 0 aromatic carbocycles. The second kappa shape index (κ2) is 16.4. The number of ketones is 1.